The molecule has 6 unspecified atom stereocenters. The Morgan fingerprint density at radius 3 is 2.43 bits per heavy atom. The molecular weight excluding hydrogens is 304 g/mol. The summed E-state index contributed by atoms with van der Waals surface area (Å²) in [4.78, 5) is 12.2. The van der Waals surface area contributed by atoms with Gasteiger partial charge in [-0.15, -0.1) is 0 Å². The van der Waals surface area contributed by atoms with E-state index in [9.17, 15) is 13.6 Å². The predicted molar refractivity (Wildman–Crippen MR) is 80.0 cm³/mol. The van der Waals surface area contributed by atoms with E-state index in [2.05, 4.69) is 0 Å². The number of hydrogen-bond acceptors (Lipinski definition) is 4. The van der Waals surface area contributed by atoms with Crippen LogP contribution in [0.5, 0.6) is 0 Å². The van der Waals surface area contributed by atoms with Gasteiger partial charge in [-0.2, -0.15) is 5.26 Å². The molecule has 0 aromatic rings. The summed E-state index contributed by atoms with van der Waals surface area (Å²) in [6.07, 6.45) is -0.173. The first-order chi connectivity index (χ1) is 11.0. The molecule has 0 spiro atoms. The van der Waals surface area contributed by atoms with Gasteiger partial charge in [0.1, 0.15) is 18.4 Å². The summed E-state index contributed by atoms with van der Waals surface area (Å²) in [6.45, 7) is 2.60. The highest BCUT2D eigenvalue weighted by molar-refractivity contribution is 5.73. The molecule has 6 atom stereocenters. The van der Waals surface area contributed by atoms with Crippen LogP contribution in [0.1, 0.15) is 51.9 Å². The van der Waals surface area contributed by atoms with Gasteiger partial charge in [0.05, 0.1) is 24.0 Å². The van der Waals surface area contributed by atoms with E-state index in [1.807, 2.05) is 13.0 Å². The number of halogens is 2. The Balaban J connectivity index is 1.79. The van der Waals surface area contributed by atoms with Crippen LogP contribution in [0.2, 0.25) is 0 Å². The van der Waals surface area contributed by atoms with Crippen molar-refractivity contribution in [2.24, 2.45) is 11.8 Å². The number of rotatable bonds is 5. The van der Waals surface area contributed by atoms with E-state index in [0.717, 1.165) is 6.42 Å². The van der Waals surface area contributed by atoms with Crippen LogP contribution in [0.4, 0.5) is 8.78 Å². The summed E-state index contributed by atoms with van der Waals surface area (Å²) in [5.74, 6) is -1.97. The molecule has 0 N–H and O–H groups in total. The zero-order chi connectivity index (χ0) is 16.8. The molecule has 0 aliphatic heterocycles. The minimum atomic E-state index is -1.27. The largest absolute Gasteiger partial charge is 0.462 e. The van der Waals surface area contributed by atoms with Crippen LogP contribution in [0, 0.1) is 23.2 Å². The van der Waals surface area contributed by atoms with E-state index in [1.54, 1.807) is 0 Å². The third kappa shape index (κ3) is 4.87. The van der Waals surface area contributed by atoms with Crippen molar-refractivity contribution in [2.75, 3.05) is 6.61 Å². The number of ether oxygens (including phenoxy) is 2. The first kappa shape index (κ1) is 18.1. The molecule has 0 saturated heterocycles. The quantitative estimate of drug-likeness (QED) is 0.724. The first-order valence-electron chi connectivity index (χ1n) is 8.55. The number of carbonyl (C=O) groups is 1. The fourth-order valence-corrected chi connectivity index (χ4v) is 3.36. The number of hydrogen-bond donors (Lipinski definition) is 0. The molecule has 0 bridgehead atoms. The summed E-state index contributed by atoms with van der Waals surface area (Å²) in [5.41, 5.74) is 0. The number of carbonyl (C=O) groups excluding carboxylic acids is 1. The molecule has 23 heavy (non-hydrogen) atoms. The summed E-state index contributed by atoms with van der Waals surface area (Å²) in [6, 6.07) is 1.93. The van der Waals surface area contributed by atoms with Gasteiger partial charge in [0.15, 0.2) is 0 Å². The molecule has 0 radical (unpaired) electrons. The van der Waals surface area contributed by atoms with Crippen LogP contribution in [0.15, 0.2) is 0 Å². The molecular formula is C17H25F2NO3. The highest BCUT2D eigenvalue weighted by atomic mass is 19.1. The molecule has 0 aromatic carbocycles. The van der Waals surface area contributed by atoms with E-state index < -0.39 is 36.3 Å². The van der Waals surface area contributed by atoms with Gasteiger partial charge in [-0.05, 0) is 32.1 Å². The van der Waals surface area contributed by atoms with Crippen molar-refractivity contribution in [3.63, 3.8) is 0 Å². The van der Waals surface area contributed by atoms with Gasteiger partial charge >= 0.3 is 5.97 Å². The Labute approximate surface area is 136 Å². The Morgan fingerprint density at radius 2 is 1.83 bits per heavy atom. The maximum Gasteiger partial charge on any atom is 0.312 e. The molecule has 4 nitrogen and oxygen atoms in total. The second kappa shape index (κ2) is 8.58. The van der Waals surface area contributed by atoms with Gasteiger partial charge in [-0.25, -0.2) is 8.78 Å². The third-order valence-corrected chi connectivity index (χ3v) is 4.76. The second-order valence-corrected chi connectivity index (χ2v) is 6.55. The molecule has 2 aliphatic rings. The van der Waals surface area contributed by atoms with Crippen molar-refractivity contribution >= 4 is 5.97 Å². The van der Waals surface area contributed by atoms with Gasteiger partial charge in [0, 0.05) is 19.4 Å². The Bertz CT molecular complexity index is 440. The lowest BCUT2D eigenvalue weighted by atomic mass is 9.84. The molecule has 0 heterocycles. The van der Waals surface area contributed by atoms with E-state index in [0.29, 0.717) is 32.3 Å². The van der Waals surface area contributed by atoms with Crippen LogP contribution in [0.3, 0.4) is 0 Å². The minimum absolute atomic E-state index is 0.0376. The Morgan fingerprint density at radius 1 is 1.13 bits per heavy atom. The van der Waals surface area contributed by atoms with E-state index >= 15 is 0 Å². The van der Waals surface area contributed by atoms with Gasteiger partial charge in [0.25, 0.3) is 0 Å². The molecule has 2 saturated carbocycles. The highest BCUT2D eigenvalue weighted by Crippen LogP contribution is 2.33. The van der Waals surface area contributed by atoms with Crippen LogP contribution in [0.25, 0.3) is 0 Å². The average Bonchev–Trinajstić information content (AvgIpc) is 2.53. The monoisotopic (exact) mass is 329 g/mol. The topological polar surface area (TPSA) is 59.3 Å². The van der Waals surface area contributed by atoms with Crippen molar-refractivity contribution in [2.45, 2.75) is 76.4 Å². The zero-order valence-corrected chi connectivity index (χ0v) is 13.5. The summed E-state index contributed by atoms with van der Waals surface area (Å²) >= 11 is 0. The molecule has 2 aliphatic carbocycles. The maximum atomic E-state index is 14.2. The van der Waals surface area contributed by atoms with Gasteiger partial charge in [-0.1, -0.05) is 6.92 Å². The Hall–Kier alpha value is -1.22. The number of nitriles is 1. The Kier molecular flexibility index (Phi) is 6.76. The molecule has 0 aromatic heterocycles. The molecule has 130 valence electrons. The predicted octanol–water partition coefficient (Wildman–Crippen LogP) is 3.49. The first-order valence-corrected chi connectivity index (χ1v) is 8.55. The molecule has 6 heteroatoms. The smallest absolute Gasteiger partial charge is 0.312 e. The maximum absolute atomic E-state index is 14.2. The van der Waals surface area contributed by atoms with Crippen molar-refractivity contribution in [3.8, 4) is 6.07 Å². The zero-order valence-electron chi connectivity index (χ0n) is 13.5. The highest BCUT2D eigenvalue weighted by Gasteiger charge is 2.39. The number of esters is 1. The fraction of sp³-hybridized carbons (Fsp3) is 0.882. The van der Waals surface area contributed by atoms with Crippen molar-refractivity contribution < 1.29 is 23.0 Å². The average molecular weight is 329 g/mol. The summed E-state index contributed by atoms with van der Waals surface area (Å²) in [7, 11) is 0. The van der Waals surface area contributed by atoms with Gasteiger partial charge in [0.2, 0.25) is 0 Å². The third-order valence-electron chi connectivity index (χ3n) is 4.76. The van der Waals surface area contributed by atoms with Gasteiger partial charge < -0.3 is 9.47 Å². The summed E-state index contributed by atoms with van der Waals surface area (Å²) < 4.78 is 38.8. The van der Waals surface area contributed by atoms with Crippen molar-refractivity contribution in [1.82, 2.24) is 0 Å². The summed E-state index contributed by atoms with van der Waals surface area (Å²) in [5, 5.41) is 8.80. The lowest BCUT2D eigenvalue weighted by molar-refractivity contribution is -0.162. The number of nitrogens with zero attached hydrogens (tertiary/aromatic N) is 1. The lowest BCUT2D eigenvalue weighted by Crippen LogP contribution is -2.39. The molecule has 2 fully saturated rings. The van der Waals surface area contributed by atoms with Crippen LogP contribution in [-0.2, 0) is 14.3 Å². The fourth-order valence-electron chi connectivity index (χ4n) is 3.36. The normalized spacial score (nSPS) is 37.8. The lowest BCUT2D eigenvalue weighted by Gasteiger charge is -2.33. The minimum Gasteiger partial charge on any atom is -0.462 e. The van der Waals surface area contributed by atoms with E-state index in [1.165, 1.54) is 0 Å². The molecule has 2 rings (SSSR count). The number of alkyl halides is 2. The van der Waals surface area contributed by atoms with E-state index in [4.69, 9.17) is 14.7 Å². The van der Waals surface area contributed by atoms with Crippen molar-refractivity contribution in [1.29, 1.82) is 5.26 Å². The van der Waals surface area contributed by atoms with Gasteiger partial charge in [-0.3, -0.25) is 4.79 Å². The van der Waals surface area contributed by atoms with E-state index in [-0.39, 0.29) is 18.9 Å². The second-order valence-electron chi connectivity index (χ2n) is 6.55. The molecule has 0 amide bonds. The van der Waals surface area contributed by atoms with Crippen LogP contribution >= 0.6 is 0 Å². The standard InChI is InChI=1S/C17H25F2NO3/c1-2-7-22-12-5-6-14(16(19)8-12)17(21)23-13-4-3-11(10-20)15(18)9-13/h11-16H,2-9H2,1H3. The van der Waals surface area contributed by atoms with Crippen molar-refractivity contribution in [3.05, 3.63) is 0 Å². The van der Waals surface area contributed by atoms with Crippen LogP contribution in [-0.4, -0.2) is 37.1 Å². The SMILES string of the molecule is CCCOC1CCC(C(=O)OC2CCC(C#N)C(F)C2)C(F)C1. The van der Waals surface area contributed by atoms with Crippen LogP contribution < -0.4 is 0 Å².